The number of aromatic nitrogens is 1. The summed E-state index contributed by atoms with van der Waals surface area (Å²) < 4.78 is 30.0. The molecule has 0 amide bonds. The van der Waals surface area contributed by atoms with Gasteiger partial charge in [-0.05, 0) is 26.7 Å². The van der Waals surface area contributed by atoms with Crippen LogP contribution < -0.4 is 0 Å². The fourth-order valence-electron chi connectivity index (χ4n) is 2.33. The van der Waals surface area contributed by atoms with Crippen LogP contribution in [0.15, 0.2) is 0 Å². The Kier molecular flexibility index (Phi) is 5.04. The summed E-state index contributed by atoms with van der Waals surface area (Å²) in [7, 11) is 0. The van der Waals surface area contributed by atoms with Crippen LogP contribution in [0.3, 0.4) is 0 Å². The standard InChI is InChI=1S/C13H18F2N2O2S/c1-8-12(20-9(2)16-8)13(18)19-10-3-5-17(6-4-10)7-11(14)15/h10-11H,3-7H2,1-2H3. The van der Waals surface area contributed by atoms with E-state index in [1.54, 1.807) is 11.8 Å². The van der Waals surface area contributed by atoms with Crippen molar-refractivity contribution in [1.82, 2.24) is 9.88 Å². The number of piperidine rings is 1. The van der Waals surface area contributed by atoms with E-state index in [4.69, 9.17) is 4.74 Å². The highest BCUT2D eigenvalue weighted by Gasteiger charge is 2.25. The van der Waals surface area contributed by atoms with Crippen LogP contribution in [0.5, 0.6) is 0 Å². The Morgan fingerprint density at radius 2 is 2.10 bits per heavy atom. The number of alkyl halides is 2. The number of rotatable bonds is 4. The maximum Gasteiger partial charge on any atom is 0.350 e. The third kappa shape index (κ3) is 3.96. The van der Waals surface area contributed by atoms with E-state index in [9.17, 15) is 13.6 Å². The Morgan fingerprint density at radius 3 is 2.60 bits per heavy atom. The maximum absolute atomic E-state index is 12.3. The van der Waals surface area contributed by atoms with Crippen molar-refractivity contribution >= 4 is 17.3 Å². The van der Waals surface area contributed by atoms with Crippen LogP contribution in [-0.2, 0) is 4.74 Å². The van der Waals surface area contributed by atoms with Gasteiger partial charge in [0.25, 0.3) is 6.43 Å². The molecule has 112 valence electrons. The van der Waals surface area contributed by atoms with Crippen molar-refractivity contribution in [3.63, 3.8) is 0 Å². The third-order valence-electron chi connectivity index (χ3n) is 3.29. The summed E-state index contributed by atoms with van der Waals surface area (Å²) in [6.07, 6.45) is -1.28. The zero-order chi connectivity index (χ0) is 14.7. The Bertz CT molecular complexity index is 471. The zero-order valence-electron chi connectivity index (χ0n) is 11.6. The lowest BCUT2D eigenvalue weighted by Crippen LogP contribution is -2.40. The van der Waals surface area contributed by atoms with Gasteiger partial charge < -0.3 is 4.74 Å². The van der Waals surface area contributed by atoms with E-state index >= 15 is 0 Å². The second-order valence-corrected chi connectivity index (χ2v) is 6.15. The van der Waals surface area contributed by atoms with Gasteiger partial charge in [-0.1, -0.05) is 0 Å². The van der Waals surface area contributed by atoms with Crippen molar-refractivity contribution in [3.8, 4) is 0 Å². The number of thiazole rings is 1. The van der Waals surface area contributed by atoms with Gasteiger partial charge in [-0.2, -0.15) is 0 Å². The maximum atomic E-state index is 12.3. The Balaban J connectivity index is 1.83. The normalized spacial score (nSPS) is 17.6. The lowest BCUT2D eigenvalue weighted by molar-refractivity contribution is 0.00259. The molecule has 0 unspecified atom stereocenters. The number of hydrogen-bond donors (Lipinski definition) is 0. The zero-order valence-corrected chi connectivity index (χ0v) is 12.4. The monoisotopic (exact) mass is 304 g/mol. The summed E-state index contributed by atoms with van der Waals surface area (Å²) in [5.41, 5.74) is 0.688. The molecule has 1 aliphatic rings. The summed E-state index contributed by atoms with van der Waals surface area (Å²) in [4.78, 5) is 18.5. The molecule has 0 bridgehead atoms. The molecule has 7 heteroatoms. The smallest absolute Gasteiger partial charge is 0.350 e. The lowest BCUT2D eigenvalue weighted by Gasteiger charge is -2.31. The molecule has 1 fully saturated rings. The summed E-state index contributed by atoms with van der Waals surface area (Å²) >= 11 is 1.32. The first-order valence-corrected chi connectivity index (χ1v) is 7.43. The van der Waals surface area contributed by atoms with E-state index in [1.807, 2.05) is 6.92 Å². The molecule has 2 rings (SSSR count). The van der Waals surface area contributed by atoms with Crippen LogP contribution in [0.2, 0.25) is 0 Å². The van der Waals surface area contributed by atoms with E-state index in [2.05, 4.69) is 4.98 Å². The fraction of sp³-hybridized carbons (Fsp3) is 0.692. The number of carbonyl (C=O) groups is 1. The predicted octanol–water partition coefficient (Wildman–Crippen LogP) is 2.65. The minimum atomic E-state index is -2.31. The highest BCUT2D eigenvalue weighted by atomic mass is 32.1. The van der Waals surface area contributed by atoms with Gasteiger partial charge in [0.2, 0.25) is 0 Å². The minimum Gasteiger partial charge on any atom is -0.458 e. The molecule has 1 aromatic rings. The minimum absolute atomic E-state index is 0.182. The van der Waals surface area contributed by atoms with Crippen LogP contribution in [0.1, 0.15) is 33.2 Å². The molecule has 0 N–H and O–H groups in total. The second kappa shape index (κ2) is 6.58. The molecule has 2 heterocycles. The van der Waals surface area contributed by atoms with Crippen molar-refractivity contribution < 1.29 is 18.3 Å². The fourth-order valence-corrected chi connectivity index (χ4v) is 3.13. The molecule has 4 nitrogen and oxygen atoms in total. The van der Waals surface area contributed by atoms with Gasteiger partial charge in [0, 0.05) is 13.1 Å². The predicted molar refractivity (Wildman–Crippen MR) is 72.5 cm³/mol. The second-order valence-electron chi connectivity index (χ2n) is 4.94. The first-order valence-electron chi connectivity index (χ1n) is 6.61. The summed E-state index contributed by atoms with van der Waals surface area (Å²) in [5, 5.41) is 0.834. The number of nitrogens with zero attached hydrogens (tertiary/aromatic N) is 2. The quantitative estimate of drug-likeness (QED) is 0.802. The van der Waals surface area contributed by atoms with Crippen molar-refractivity contribution in [3.05, 3.63) is 15.6 Å². The molecule has 20 heavy (non-hydrogen) atoms. The number of esters is 1. The van der Waals surface area contributed by atoms with Crippen LogP contribution >= 0.6 is 11.3 Å². The van der Waals surface area contributed by atoms with Gasteiger partial charge in [0.05, 0.1) is 17.2 Å². The molecule has 0 aromatic carbocycles. The first kappa shape index (κ1) is 15.3. The van der Waals surface area contributed by atoms with E-state index < -0.39 is 6.43 Å². The van der Waals surface area contributed by atoms with Gasteiger partial charge in [0.15, 0.2) is 0 Å². The summed E-state index contributed by atoms with van der Waals surface area (Å²) in [5.74, 6) is -0.347. The summed E-state index contributed by atoms with van der Waals surface area (Å²) in [6.45, 7) is 4.52. The number of ether oxygens (including phenoxy) is 1. The molecule has 0 saturated carbocycles. The molecular formula is C13H18F2N2O2S. The average Bonchev–Trinajstić information content (AvgIpc) is 2.70. The molecular weight excluding hydrogens is 286 g/mol. The van der Waals surface area contributed by atoms with Gasteiger partial charge >= 0.3 is 5.97 Å². The van der Waals surface area contributed by atoms with Crippen LogP contribution in [0, 0.1) is 13.8 Å². The number of aryl methyl sites for hydroxylation is 2. The van der Waals surface area contributed by atoms with E-state index in [0.29, 0.717) is 36.5 Å². The number of likely N-dealkylation sites (tertiary alicyclic amines) is 1. The highest BCUT2D eigenvalue weighted by molar-refractivity contribution is 7.13. The van der Waals surface area contributed by atoms with Crippen LogP contribution in [-0.4, -0.2) is 48.0 Å². The molecule has 1 aliphatic heterocycles. The van der Waals surface area contributed by atoms with Gasteiger partial charge in [-0.15, -0.1) is 11.3 Å². The molecule has 0 spiro atoms. The Labute approximate surface area is 120 Å². The summed E-state index contributed by atoms with van der Waals surface area (Å²) in [6, 6.07) is 0. The third-order valence-corrected chi connectivity index (χ3v) is 4.35. The van der Waals surface area contributed by atoms with E-state index in [1.165, 1.54) is 11.3 Å². The average molecular weight is 304 g/mol. The Hall–Kier alpha value is -1.08. The van der Waals surface area contributed by atoms with Crippen molar-refractivity contribution in [2.24, 2.45) is 0 Å². The number of hydrogen-bond acceptors (Lipinski definition) is 5. The lowest BCUT2D eigenvalue weighted by atomic mass is 10.1. The molecule has 0 aliphatic carbocycles. The molecule has 1 saturated heterocycles. The topological polar surface area (TPSA) is 42.4 Å². The SMILES string of the molecule is Cc1nc(C)c(C(=O)OC2CCN(CC(F)F)CC2)s1. The van der Waals surface area contributed by atoms with Crippen LogP contribution in [0.4, 0.5) is 8.78 Å². The van der Waals surface area contributed by atoms with Gasteiger partial charge in [-0.3, -0.25) is 4.90 Å². The van der Waals surface area contributed by atoms with Crippen molar-refractivity contribution in [1.29, 1.82) is 0 Å². The van der Waals surface area contributed by atoms with Crippen molar-refractivity contribution in [2.45, 2.75) is 39.2 Å². The largest absolute Gasteiger partial charge is 0.458 e. The molecule has 0 atom stereocenters. The molecule has 1 aromatic heterocycles. The number of halogens is 2. The van der Waals surface area contributed by atoms with E-state index in [-0.39, 0.29) is 18.6 Å². The van der Waals surface area contributed by atoms with Crippen LogP contribution in [0.25, 0.3) is 0 Å². The molecule has 0 radical (unpaired) electrons. The Morgan fingerprint density at radius 1 is 1.45 bits per heavy atom. The first-order chi connectivity index (χ1) is 9.45. The van der Waals surface area contributed by atoms with E-state index in [0.717, 1.165) is 5.01 Å². The number of carbonyl (C=O) groups excluding carboxylic acids is 1. The van der Waals surface area contributed by atoms with Crippen molar-refractivity contribution in [2.75, 3.05) is 19.6 Å². The highest BCUT2D eigenvalue weighted by Crippen LogP contribution is 2.21. The van der Waals surface area contributed by atoms with Gasteiger partial charge in [-0.25, -0.2) is 18.6 Å². The van der Waals surface area contributed by atoms with Gasteiger partial charge in [0.1, 0.15) is 11.0 Å².